The molecule has 2 aromatic carbocycles. The Morgan fingerprint density at radius 2 is 1.11 bits per heavy atom. The third-order valence-corrected chi connectivity index (χ3v) is 6.76. The van der Waals surface area contributed by atoms with Crippen LogP contribution in [0.15, 0.2) is 59.7 Å². The highest BCUT2D eigenvalue weighted by atomic mass is 16.5. The molecule has 2 aliphatic heterocycles. The van der Waals surface area contributed by atoms with E-state index in [2.05, 4.69) is 39.8 Å². The maximum Gasteiger partial charge on any atom is 0.161 e. The zero-order valence-electron chi connectivity index (χ0n) is 22.2. The van der Waals surface area contributed by atoms with Gasteiger partial charge in [0.2, 0.25) is 0 Å². The SMILES string of the molecule is COc1cc([C@H]2OC[C@H]3[C@@H]2CO[C@@H]3c2ccc(OCC=C(C)C)c(OC)c2)ccc1OCC=C(C)C. The molecule has 2 aromatic rings. The molecule has 2 fully saturated rings. The van der Waals surface area contributed by atoms with Crippen molar-refractivity contribution in [1.82, 2.24) is 0 Å². The lowest BCUT2D eigenvalue weighted by atomic mass is 9.85. The van der Waals surface area contributed by atoms with Crippen molar-refractivity contribution in [3.05, 3.63) is 70.8 Å². The quantitative estimate of drug-likeness (QED) is 0.353. The Bertz CT molecular complexity index is 1010. The zero-order chi connectivity index (χ0) is 25.7. The molecule has 0 unspecified atom stereocenters. The highest BCUT2D eigenvalue weighted by Crippen LogP contribution is 2.51. The maximum atomic E-state index is 6.32. The Kier molecular flexibility index (Phi) is 8.60. The molecule has 2 saturated heterocycles. The second-order valence-electron chi connectivity index (χ2n) is 9.84. The van der Waals surface area contributed by atoms with Crippen molar-refractivity contribution in [2.24, 2.45) is 11.8 Å². The monoisotopic (exact) mass is 494 g/mol. The Labute approximate surface area is 214 Å². The molecule has 6 nitrogen and oxygen atoms in total. The van der Waals surface area contributed by atoms with Gasteiger partial charge >= 0.3 is 0 Å². The van der Waals surface area contributed by atoms with E-state index in [-0.39, 0.29) is 24.0 Å². The van der Waals surface area contributed by atoms with Crippen molar-refractivity contribution in [1.29, 1.82) is 0 Å². The fourth-order valence-electron chi connectivity index (χ4n) is 4.79. The van der Waals surface area contributed by atoms with Crippen LogP contribution in [-0.2, 0) is 9.47 Å². The number of methoxy groups -OCH3 is 2. The van der Waals surface area contributed by atoms with Crippen LogP contribution in [-0.4, -0.2) is 40.6 Å². The van der Waals surface area contributed by atoms with E-state index in [9.17, 15) is 0 Å². The molecular formula is C30H38O6. The van der Waals surface area contributed by atoms with E-state index in [0.29, 0.717) is 37.9 Å². The van der Waals surface area contributed by atoms with Crippen molar-refractivity contribution in [2.75, 3.05) is 40.6 Å². The lowest BCUT2D eigenvalue weighted by molar-refractivity contribution is 0.0191. The summed E-state index contributed by atoms with van der Waals surface area (Å²) in [6, 6.07) is 12.1. The van der Waals surface area contributed by atoms with E-state index in [1.54, 1.807) is 14.2 Å². The fraction of sp³-hybridized carbons (Fsp3) is 0.467. The van der Waals surface area contributed by atoms with Crippen molar-refractivity contribution in [3.8, 4) is 23.0 Å². The second-order valence-corrected chi connectivity index (χ2v) is 9.84. The third-order valence-electron chi connectivity index (χ3n) is 6.76. The molecule has 0 amide bonds. The average molecular weight is 495 g/mol. The predicted octanol–water partition coefficient (Wildman–Crippen LogP) is 6.47. The first-order valence-corrected chi connectivity index (χ1v) is 12.5. The first-order valence-electron chi connectivity index (χ1n) is 12.5. The minimum atomic E-state index is -0.0469. The summed E-state index contributed by atoms with van der Waals surface area (Å²) in [5.41, 5.74) is 4.60. The Balaban J connectivity index is 1.47. The maximum absolute atomic E-state index is 6.32. The van der Waals surface area contributed by atoms with Gasteiger partial charge in [0, 0.05) is 11.8 Å². The van der Waals surface area contributed by atoms with E-state index >= 15 is 0 Å². The lowest BCUT2D eigenvalue weighted by Crippen LogP contribution is -2.14. The molecule has 0 bridgehead atoms. The van der Waals surface area contributed by atoms with Gasteiger partial charge < -0.3 is 28.4 Å². The summed E-state index contributed by atoms with van der Waals surface area (Å²) in [5.74, 6) is 3.41. The summed E-state index contributed by atoms with van der Waals surface area (Å²) in [6.07, 6.45) is 4.00. The van der Waals surface area contributed by atoms with Gasteiger partial charge in [0.1, 0.15) is 13.2 Å². The van der Waals surface area contributed by atoms with Gasteiger partial charge in [-0.1, -0.05) is 23.3 Å². The molecule has 36 heavy (non-hydrogen) atoms. The molecule has 6 heteroatoms. The van der Waals surface area contributed by atoms with Crippen LogP contribution >= 0.6 is 0 Å². The van der Waals surface area contributed by atoms with Crippen LogP contribution in [0.3, 0.4) is 0 Å². The number of rotatable bonds is 10. The minimum absolute atomic E-state index is 0.0469. The van der Waals surface area contributed by atoms with Crippen molar-refractivity contribution in [2.45, 2.75) is 39.9 Å². The lowest BCUT2D eigenvalue weighted by Gasteiger charge is -2.19. The van der Waals surface area contributed by atoms with Crippen LogP contribution in [0.5, 0.6) is 23.0 Å². The predicted molar refractivity (Wildman–Crippen MR) is 140 cm³/mol. The van der Waals surface area contributed by atoms with Gasteiger partial charge in [-0.25, -0.2) is 0 Å². The molecule has 4 rings (SSSR count). The number of ether oxygens (including phenoxy) is 6. The molecule has 2 aliphatic rings. The van der Waals surface area contributed by atoms with E-state index in [4.69, 9.17) is 28.4 Å². The molecule has 2 heterocycles. The average Bonchev–Trinajstić information content (AvgIpc) is 3.46. The van der Waals surface area contributed by atoms with Crippen molar-refractivity contribution >= 4 is 0 Å². The Morgan fingerprint density at radius 1 is 0.694 bits per heavy atom. The number of fused-ring (bicyclic) bond motifs is 1. The van der Waals surface area contributed by atoms with E-state index in [1.807, 2.05) is 36.4 Å². The third kappa shape index (κ3) is 5.88. The summed E-state index contributed by atoms with van der Waals surface area (Å²) in [4.78, 5) is 0. The molecule has 194 valence electrons. The van der Waals surface area contributed by atoms with Gasteiger partial charge in [0.05, 0.1) is 39.6 Å². The Morgan fingerprint density at radius 3 is 1.47 bits per heavy atom. The molecule has 0 spiro atoms. The van der Waals surface area contributed by atoms with Crippen LogP contribution in [0.1, 0.15) is 51.0 Å². The van der Waals surface area contributed by atoms with Gasteiger partial charge in [-0.2, -0.15) is 0 Å². The van der Waals surface area contributed by atoms with Gasteiger partial charge in [-0.15, -0.1) is 0 Å². The van der Waals surface area contributed by atoms with Gasteiger partial charge in [-0.05, 0) is 75.2 Å². The van der Waals surface area contributed by atoms with Crippen LogP contribution in [0.2, 0.25) is 0 Å². The number of benzene rings is 2. The highest BCUT2D eigenvalue weighted by molar-refractivity contribution is 5.45. The molecule has 0 saturated carbocycles. The molecule has 0 aliphatic carbocycles. The van der Waals surface area contributed by atoms with Crippen LogP contribution < -0.4 is 18.9 Å². The largest absolute Gasteiger partial charge is 0.493 e. The van der Waals surface area contributed by atoms with E-state index in [1.165, 1.54) is 11.1 Å². The van der Waals surface area contributed by atoms with Crippen LogP contribution in [0, 0.1) is 11.8 Å². The zero-order valence-corrected chi connectivity index (χ0v) is 22.2. The summed E-state index contributed by atoms with van der Waals surface area (Å²) >= 11 is 0. The van der Waals surface area contributed by atoms with Crippen LogP contribution in [0.4, 0.5) is 0 Å². The normalized spacial score (nSPS) is 22.5. The van der Waals surface area contributed by atoms with Crippen molar-refractivity contribution < 1.29 is 28.4 Å². The van der Waals surface area contributed by atoms with E-state index < -0.39 is 0 Å². The summed E-state index contributed by atoms with van der Waals surface area (Å²) < 4.78 is 35.7. The first kappa shape index (κ1) is 26.1. The molecule has 0 N–H and O–H groups in total. The van der Waals surface area contributed by atoms with Gasteiger partial charge in [-0.3, -0.25) is 0 Å². The molecule has 0 radical (unpaired) electrons. The second kappa shape index (κ2) is 11.8. The topological polar surface area (TPSA) is 55.4 Å². The van der Waals surface area contributed by atoms with Crippen molar-refractivity contribution in [3.63, 3.8) is 0 Å². The van der Waals surface area contributed by atoms with Gasteiger partial charge in [0.15, 0.2) is 23.0 Å². The smallest absolute Gasteiger partial charge is 0.161 e. The minimum Gasteiger partial charge on any atom is -0.493 e. The van der Waals surface area contributed by atoms with Crippen LogP contribution in [0.25, 0.3) is 0 Å². The molecule has 0 aromatic heterocycles. The first-order chi connectivity index (χ1) is 17.4. The summed E-state index contributed by atoms with van der Waals surface area (Å²) in [5, 5.41) is 0. The van der Waals surface area contributed by atoms with Gasteiger partial charge in [0.25, 0.3) is 0 Å². The number of hydrogen-bond donors (Lipinski definition) is 0. The Hall–Kier alpha value is -2.96. The summed E-state index contributed by atoms with van der Waals surface area (Å²) in [7, 11) is 3.33. The highest BCUT2D eigenvalue weighted by Gasteiger charge is 2.48. The standard InChI is InChI=1S/C30H38O6/c1-19(2)11-13-33-25-9-7-21(15-27(25)31-5)29-23-17-36-30(24(23)18-35-29)22-8-10-26(28(16-22)32-6)34-14-12-20(3)4/h7-12,15-16,23-24,29-30H,13-14,17-18H2,1-6H3/t23-,24-,29+,30+/m0/s1. The molecular weight excluding hydrogens is 456 g/mol. The molecule has 4 atom stereocenters. The fourth-order valence-corrected chi connectivity index (χ4v) is 4.79. The summed E-state index contributed by atoms with van der Waals surface area (Å²) in [6.45, 7) is 10.5. The number of allylic oxidation sites excluding steroid dienone is 2. The number of hydrogen-bond acceptors (Lipinski definition) is 6. The van der Waals surface area contributed by atoms with E-state index in [0.717, 1.165) is 22.6 Å².